The van der Waals surface area contributed by atoms with E-state index >= 15 is 0 Å². The molecule has 174 valence electrons. The zero-order chi connectivity index (χ0) is 22.9. The van der Waals surface area contributed by atoms with Crippen molar-refractivity contribution in [3.63, 3.8) is 0 Å². The van der Waals surface area contributed by atoms with Gasteiger partial charge in [-0.05, 0) is 38.3 Å². The number of carbonyl (C=O) groups is 2. The lowest BCUT2D eigenvalue weighted by atomic mass is 10.0. The highest BCUT2D eigenvalue weighted by Crippen LogP contribution is 2.17. The number of nitrogens with zero attached hydrogens (tertiary/aromatic N) is 2. The number of hydrogen-bond donors (Lipinski definition) is 1. The molecule has 0 spiro atoms. The summed E-state index contributed by atoms with van der Waals surface area (Å²) in [6.45, 7) is 7.70. The lowest BCUT2D eigenvalue weighted by Crippen LogP contribution is -2.45. The number of nitrogens with one attached hydrogen (secondary N) is 1. The maximum absolute atomic E-state index is 12.9. The molecule has 0 saturated carbocycles. The predicted molar refractivity (Wildman–Crippen MR) is 123 cm³/mol. The summed E-state index contributed by atoms with van der Waals surface area (Å²) in [5, 5.41) is 3.16. The molecule has 1 fully saturated rings. The van der Waals surface area contributed by atoms with Gasteiger partial charge in [0.25, 0.3) is 5.91 Å². The van der Waals surface area contributed by atoms with Crippen molar-refractivity contribution >= 4 is 11.8 Å². The van der Waals surface area contributed by atoms with E-state index < -0.39 is 0 Å². The summed E-state index contributed by atoms with van der Waals surface area (Å²) in [5.74, 6) is 1.16. The summed E-state index contributed by atoms with van der Waals surface area (Å²) in [4.78, 5) is 29.6. The Hall–Kier alpha value is -2.64. The van der Waals surface area contributed by atoms with E-state index in [-0.39, 0.29) is 24.3 Å². The van der Waals surface area contributed by atoms with Crippen LogP contribution < -0.4 is 5.32 Å². The molecule has 32 heavy (non-hydrogen) atoms. The maximum Gasteiger partial charge on any atom is 0.257 e. The van der Waals surface area contributed by atoms with Gasteiger partial charge in [0.2, 0.25) is 5.91 Å². The zero-order valence-corrected chi connectivity index (χ0v) is 19.4. The van der Waals surface area contributed by atoms with E-state index in [1.807, 2.05) is 13.0 Å². The molecular formula is C25H35N3O4. The third-order valence-corrected chi connectivity index (χ3v) is 5.93. The minimum absolute atomic E-state index is 0.0122. The van der Waals surface area contributed by atoms with Crippen LogP contribution in [0.15, 0.2) is 40.8 Å². The fourth-order valence-electron chi connectivity index (χ4n) is 4.14. The van der Waals surface area contributed by atoms with Crippen molar-refractivity contribution in [1.29, 1.82) is 0 Å². The number of likely N-dealkylation sites (tertiary alicyclic amines) is 1. The first-order chi connectivity index (χ1) is 15.5. The van der Waals surface area contributed by atoms with Crippen LogP contribution in [0.3, 0.4) is 0 Å². The number of benzene rings is 1. The number of furan rings is 1. The van der Waals surface area contributed by atoms with Crippen LogP contribution in [0.5, 0.6) is 0 Å². The van der Waals surface area contributed by atoms with E-state index in [2.05, 4.69) is 34.5 Å². The highest BCUT2D eigenvalue weighted by Gasteiger charge is 2.23. The first-order valence-electron chi connectivity index (χ1n) is 11.4. The number of ether oxygens (including phenoxy) is 1. The van der Waals surface area contributed by atoms with Gasteiger partial charge in [-0.2, -0.15) is 0 Å². The average Bonchev–Trinajstić information content (AvgIpc) is 3.13. The summed E-state index contributed by atoms with van der Waals surface area (Å²) >= 11 is 0. The van der Waals surface area contributed by atoms with Gasteiger partial charge in [0.05, 0.1) is 12.2 Å². The van der Waals surface area contributed by atoms with Crippen LogP contribution in [0.4, 0.5) is 0 Å². The smallest absolute Gasteiger partial charge is 0.257 e. The third kappa shape index (κ3) is 6.93. The normalized spacial score (nSPS) is 15.0. The van der Waals surface area contributed by atoms with Crippen molar-refractivity contribution in [2.75, 3.05) is 39.9 Å². The number of amides is 2. The molecule has 1 aliphatic rings. The Kier molecular flexibility index (Phi) is 8.88. The molecule has 7 nitrogen and oxygen atoms in total. The van der Waals surface area contributed by atoms with Crippen molar-refractivity contribution in [2.24, 2.45) is 0 Å². The molecule has 1 aromatic carbocycles. The minimum Gasteiger partial charge on any atom is -0.466 e. The monoisotopic (exact) mass is 441 g/mol. The Morgan fingerprint density at radius 2 is 1.88 bits per heavy atom. The Labute approximate surface area is 190 Å². The SMILES string of the molecule is COCCN(CCC(=O)NC1CCN(Cc2ccccc2)CC1)C(=O)c1cc(C)oc1C. The van der Waals surface area contributed by atoms with Crippen molar-refractivity contribution in [3.05, 3.63) is 59.0 Å². The fourth-order valence-corrected chi connectivity index (χ4v) is 4.14. The summed E-state index contributed by atoms with van der Waals surface area (Å²) in [5.41, 5.74) is 1.86. The van der Waals surface area contributed by atoms with Gasteiger partial charge in [0.15, 0.2) is 0 Å². The van der Waals surface area contributed by atoms with Crippen LogP contribution in [0.2, 0.25) is 0 Å². The van der Waals surface area contributed by atoms with Crippen LogP contribution in [-0.2, 0) is 16.1 Å². The largest absolute Gasteiger partial charge is 0.466 e. The van der Waals surface area contributed by atoms with Crippen molar-refractivity contribution < 1.29 is 18.7 Å². The summed E-state index contributed by atoms with van der Waals surface area (Å²) in [6, 6.07) is 12.4. The van der Waals surface area contributed by atoms with E-state index in [4.69, 9.17) is 9.15 Å². The first-order valence-corrected chi connectivity index (χ1v) is 11.4. The van der Waals surface area contributed by atoms with Gasteiger partial charge in [-0.15, -0.1) is 0 Å². The van der Waals surface area contributed by atoms with Gasteiger partial charge in [-0.3, -0.25) is 14.5 Å². The van der Waals surface area contributed by atoms with Crippen LogP contribution in [0.1, 0.15) is 46.7 Å². The van der Waals surface area contributed by atoms with E-state index in [1.165, 1.54) is 5.56 Å². The number of carbonyl (C=O) groups excluding carboxylic acids is 2. The highest BCUT2D eigenvalue weighted by molar-refractivity contribution is 5.95. The molecule has 3 rings (SSSR count). The molecular weight excluding hydrogens is 406 g/mol. The number of aryl methyl sites for hydroxylation is 2. The van der Waals surface area contributed by atoms with E-state index in [9.17, 15) is 9.59 Å². The van der Waals surface area contributed by atoms with Crippen LogP contribution in [0.25, 0.3) is 0 Å². The van der Waals surface area contributed by atoms with Gasteiger partial charge in [-0.25, -0.2) is 0 Å². The minimum atomic E-state index is -0.126. The topological polar surface area (TPSA) is 75.0 Å². The summed E-state index contributed by atoms with van der Waals surface area (Å²) < 4.78 is 10.7. The lowest BCUT2D eigenvalue weighted by Gasteiger charge is -2.32. The molecule has 0 atom stereocenters. The summed E-state index contributed by atoms with van der Waals surface area (Å²) in [6.07, 6.45) is 2.16. The third-order valence-electron chi connectivity index (χ3n) is 5.93. The average molecular weight is 442 g/mol. The van der Waals surface area contributed by atoms with Gasteiger partial charge in [0, 0.05) is 52.3 Å². The zero-order valence-electron chi connectivity index (χ0n) is 19.4. The number of piperidine rings is 1. The van der Waals surface area contributed by atoms with E-state index in [1.54, 1.807) is 25.0 Å². The second-order valence-corrected chi connectivity index (χ2v) is 8.47. The first kappa shape index (κ1) is 24.0. The molecule has 0 bridgehead atoms. The van der Waals surface area contributed by atoms with Crippen molar-refractivity contribution in [3.8, 4) is 0 Å². The van der Waals surface area contributed by atoms with Gasteiger partial charge >= 0.3 is 0 Å². The van der Waals surface area contributed by atoms with Crippen LogP contribution in [0, 0.1) is 13.8 Å². The van der Waals surface area contributed by atoms with Crippen molar-refractivity contribution in [2.45, 2.75) is 45.7 Å². The van der Waals surface area contributed by atoms with Gasteiger partial charge in [0.1, 0.15) is 11.5 Å². The van der Waals surface area contributed by atoms with E-state index in [0.29, 0.717) is 36.8 Å². The predicted octanol–water partition coefficient (Wildman–Crippen LogP) is 3.16. The Bertz CT molecular complexity index is 873. The second kappa shape index (κ2) is 11.8. The highest BCUT2D eigenvalue weighted by atomic mass is 16.5. The Balaban J connectivity index is 1.45. The molecule has 7 heteroatoms. The number of methoxy groups -OCH3 is 1. The fraction of sp³-hybridized carbons (Fsp3) is 0.520. The number of rotatable bonds is 10. The van der Waals surface area contributed by atoms with Crippen LogP contribution >= 0.6 is 0 Å². The molecule has 1 aromatic heterocycles. The maximum atomic E-state index is 12.9. The van der Waals surface area contributed by atoms with Gasteiger partial charge < -0.3 is 19.4 Å². The Morgan fingerprint density at radius 1 is 1.16 bits per heavy atom. The standard InChI is InChI=1S/C25H35N3O4/c1-19-17-23(20(2)32-19)25(30)28(15-16-31-3)14-11-24(29)26-22-9-12-27(13-10-22)18-21-7-5-4-6-8-21/h4-8,17,22H,9-16,18H2,1-3H3,(H,26,29). The van der Waals surface area contributed by atoms with Crippen LogP contribution in [-0.4, -0.2) is 67.6 Å². The van der Waals surface area contributed by atoms with E-state index in [0.717, 1.165) is 32.5 Å². The molecule has 1 saturated heterocycles. The molecule has 0 radical (unpaired) electrons. The molecule has 0 unspecified atom stereocenters. The molecule has 0 aliphatic carbocycles. The molecule has 2 aromatic rings. The van der Waals surface area contributed by atoms with Gasteiger partial charge in [-0.1, -0.05) is 30.3 Å². The summed E-state index contributed by atoms with van der Waals surface area (Å²) in [7, 11) is 1.60. The molecule has 1 aliphatic heterocycles. The Morgan fingerprint density at radius 3 is 2.50 bits per heavy atom. The number of hydrogen-bond acceptors (Lipinski definition) is 5. The molecule has 1 N–H and O–H groups in total. The second-order valence-electron chi connectivity index (χ2n) is 8.47. The molecule has 2 heterocycles. The van der Waals surface area contributed by atoms with Crippen molar-refractivity contribution in [1.82, 2.24) is 15.1 Å². The molecule has 2 amide bonds. The lowest BCUT2D eigenvalue weighted by molar-refractivity contribution is -0.122. The quantitative estimate of drug-likeness (QED) is 0.613.